The molecule has 3 atom stereocenters. The molecule has 218 valence electrons. The first kappa shape index (κ1) is 30.4. The zero-order valence-corrected chi connectivity index (χ0v) is 24.5. The molecule has 0 bridgehead atoms. The number of cyclic esters (lactones) is 1. The number of nitrogens with zero attached hydrogens (tertiary/aromatic N) is 3. The van der Waals surface area contributed by atoms with E-state index in [0.717, 1.165) is 37.8 Å². The number of ether oxygens (including phenoxy) is 2. The molecular formula is C27H35FIN6O5-. The van der Waals surface area contributed by atoms with E-state index in [1.165, 1.54) is 23.5 Å². The predicted octanol–water partition coefficient (Wildman–Crippen LogP) is -1.86. The van der Waals surface area contributed by atoms with Crippen LogP contribution >= 0.6 is 0 Å². The Kier molecular flexibility index (Phi) is 9.85. The van der Waals surface area contributed by atoms with E-state index in [0.29, 0.717) is 30.2 Å². The molecule has 13 heteroatoms. The molecule has 0 aliphatic carbocycles. The number of amides is 2. The molecule has 2 aromatic carbocycles. The highest BCUT2D eigenvalue weighted by atomic mass is 127. The molecule has 11 nitrogen and oxygen atoms in total. The number of quaternary nitrogens is 1. The SMILES string of the molecule is CC(=O)NC[C@@]1(N)CN(c2ccc(N3CCN(C4OC4CCCc4ccc([NH2+][O-])cc4)CC3)c(F)c2)C(=O)O1.[I-]. The van der Waals surface area contributed by atoms with Crippen molar-refractivity contribution in [3.05, 3.63) is 59.1 Å². The van der Waals surface area contributed by atoms with E-state index in [1.807, 2.05) is 29.2 Å². The van der Waals surface area contributed by atoms with Crippen molar-refractivity contribution in [2.45, 2.75) is 44.2 Å². The number of halogens is 2. The number of rotatable bonds is 10. The first-order chi connectivity index (χ1) is 18.7. The van der Waals surface area contributed by atoms with Gasteiger partial charge in [-0.1, -0.05) is 12.1 Å². The van der Waals surface area contributed by atoms with Gasteiger partial charge in [-0.25, -0.2) is 9.18 Å². The summed E-state index contributed by atoms with van der Waals surface area (Å²) in [6, 6.07) is 12.4. The fourth-order valence-corrected chi connectivity index (χ4v) is 5.23. The van der Waals surface area contributed by atoms with Gasteiger partial charge in [-0.3, -0.25) is 20.3 Å². The molecule has 3 heterocycles. The molecule has 0 saturated carbocycles. The van der Waals surface area contributed by atoms with E-state index in [-0.39, 0.29) is 55.3 Å². The van der Waals surface area contributed by atoms with Crippen molar-refractivity contribution in [2.24, 2.45) is 5.73 Å². The van der Waals surface area contributed by atoms with Crippen molar-refractivity contribution in [1.29, 1.82) is 0 Å². The van der Waals surface area contributed by atoms with Gasteiger partial charge in [0.05, 0.1) is 30.6 Å². The van der Waals surface area contributed by atoms with Gasteiger partial charge in [0, 0.05) is 33.1 Å². The molecule has 2 unspecified atom stereocenters. The second-order valence-electron chi connectivity index (χ2n) is 10.4. The van der Waals surface area contributed by atoms with E-state index in [4.69, 9.17) is 15.2 Å². The minimum atomic E-state index is -1.38. The van der Waals surface area contributed by atoms with Crippen molar-refractivity contribution < 1.29 is 52.9 Å². The summed E-state index contributed by atoms with van der Waals surface area (Å²) < 4.78 is 26.3. The monoisotopic (exact) mass is 669 g/mol. The van der Waals surface area contributed by atoms with Crippen LogP contribution in [0.4, 0.5) is 26.2 Å². The first-order valence-corrected chi connectivity index (χ1v) is 13.3. The van der Waals surface area contributed by atoms with E-state index in [2.05, 4.69) is 10.2 Å². The highest BCUT2D eigenvalue weighted by Crippen LogP contribution is 2.33. The highest BCUT2D eigenvalue weighted by Gasteiger charge is 2.44. The summed E-state index contributed by atoms with van der Waals surface area (Å²) in [7, 11) is 0. The van der Waals surface area contributed by atoms with E-state index >= 15 is 4.39 Å². The molecule has 3 aliphatic heterocycles. The van der Waals surface area contributed by atoms with Crippen molar-refractivity contribution in [3.8, 4) is 0 Å². The highest BCUT2D eigenvalue weighted by molar-refractivity contribution is 5.90. The van der Waals surface area contributed by atoms with Crippen molar-refractivity contribution in [1.82, 2.24) is 10.2 Å². The Balaban J connectivity index is 0.00000370. The number of nitrogens with one attached hydrogen (secondary N) is 1. The average Bonchev–Trinajstić information content (AvgIpc) is 3.63. The Morgan fingerprint density at radius 2 is 1.93 bits per heavy atom. The summed E-state index contributed by atoms with van der Waals surface area (Å²) in [6.07, 6.45) is 2.60. The molecule has 3 aliphatic rings. The Morgan fingerprint density at radius 3 is 2.58 bits per heavy atom. The number of carbonyl (C=O) groups excluding carboxylic acids is 2. The van der Waals surface area contributed by atoms with Crippen LogP contribution < -0.4 is 50.3 Å². The minimum Gasteiger partial charge on any atom is -1.00 e. The maximum atomic E-state index is 15.1. The number of hydrogen-bond acceptors (Lipinski definition) is 8. The normalized spacial score (nSPS) is 24.4. The number of hydrogen-bond donors (Lipinski definition) is 3. The van der Waals surface area contributed by atoms with Crippen LogP contribution in [0.3, 0.4) is 0 Å². The van der Waals surface area contributed by atoms with Crippen LogP contribution in [0, 0.1) is 11.0 Å². The zero-order chi connectivity index (χ0) is 27.6. The van der Waals surface area contributed by atoms with Gasteiger partial charge in [0.1, 0.15) is 17.7 Å². The first-order valence-electron chi connectivity index (χ1n) is 13.3. The topological polar surface area (TPSA) is 143 Å². The lowest BCUT2D eigenvalue weighted by Crippen LogP contribution is -3.00. The maximum absolute atomic E-state index is 15.1. The number of carbonyl (C=O) groups is 2. The van der Waals surface area contributed by atoms with Gasteiger partial charge in [-0.15, -0.1) is 0 Å². The predicted molar refractivity (Wildman–Crippen MR) is 143 cm³/mol. The Morgan fingerprint density at radius 1 is 1.20 bits per heavy atom. The number of nitrogens with two attached hydrogens (primary N) is 2. The third-order valence-electron chi connectivity index (χ3n) is 7.46. The molecule has 0 aromatic heterocycles. The van der Waals surface area contributed by atoms with Gasteiger partial charge < -0.3 is 54.4 Å². The lowest BCUT2D eigenvalue weighted by molar-refractivity contribution is -0.497. The lowest BCUT2D eigenvalue weighted by Gasteiger charge is -2.35. The summed E-state index contributed by atoms with van der Waals surface area (Å²) in [5.41, 5.74) is 8.31. The molecule has 3 fully saturated rings. The molecule has 0 radical (unpaired) electrons. The number of anilines is 2. The molecule has 2 aromatic rings. The van der Waals surface area contributed by atoms with Gasteiger partial charge in [0.15, 0.2) is 5.72 Å². The second-order valence-corrected chi connectivity index (χ2v) is 10.4. The molecule has 5 N–H and O–H groups in total. The van der Waals surface area contributed by atoms with Crippen LogP contribution in [0.25, 0.3) is 0 Å². The van der Waals surface area contributed by atoms with E-state index in [1.54, 1.807) is 12.1 Å². The summed E-state index contributed by atoms with van der Waals surface area (Å²) in [5, 5.41) is 13.3. The van der Waals surface area contributed by atoms with Crippen LogP contribution in [-0.2, 0) is 20.7 Å². The van der Waals surface area contributed by atoms with Gasteiger partial charge in [-0.05, 0) is 55.2 Å². The quantitative estimate of drug-likeness (QED) is 0.116. The summed E-state index contributed by atoms with van der Waals surface area (Å²) >= 11 is 0. The van der Waals surface area contributed by atoms with Gasteiger partial charge in [0.2, 0.25) is 5.91 Å². The van der Waals surface area contributed by atoms with Crippen LogP contribution in [0.2, 0.25) is 0 Å². The van der Waals surface area contributed by atoms with Crippen molar-refractivity contribution in [3.63, 3.8) is 0 Å². The number of benzene rings is 2. The van der Waals surface area contributed by atoms with E-state index < -0.39 is 17.6 Å². The maximum Gasteiger partial charge on any atom is 0.416 e. The fourth-order valence-electron chi connectivity index (χ4n) is 5.23. The Hall–Kier alpha value is -2.56. The summed E-state index contributed by atoms with van der Waals surface area (Å²) in [6.45, 7) is 4.19. The van der Waals surface area contributed by atoms with Gasteiger partial charge >= 0.3 is 6.09 Å². The smallest absolute Gasteiger partial charge is 0.416 e. The summed E-state index contributed by atoms with van der Waals surface area (Å²) in [4.78, 5) is 29.2. The van der Waals surface area contributed by atoms with Gasteiger partial charge in [-0.2, -0.15) is 0 Å². The van der Waals surface area contributed by atoms with Crippen molar-refractivity contribution >= 4 is 29.1 Å². The number of epoxide rings is 1. The zero-order valence-electron chi connectivity index (χ0n) is 22.4. The van der Waals surface area contributed by atoms with E-state index in [9.17, 15) is 14.8 Å². The molecule has 2 amide bonds. The number of piperazine rings is 1. The van der Waals surface area contributed by atoms with Crippen LogP contribution in [0.1, 0.15) is 25.3 Å². The largest absolute Gasteiger partial charge is 1.00 e. The number of aryl methyl sites for hydroxylation is 1. The minimum absolute atomic E-state index is 0. The van der Waals surface area contributed by atoms with Crippen LogP contribution in [-0.4, -0.2) is 74.2 Å². The Bertz CT molecular complexity index is 1200. The molecule has 0 spiro atoms. The average molecular weight is 670 g/mol. The van der Waals surface area contributed by atoms with Crippen LogP contribution in [0.5, 0.6) is 0 Å². The summed E-state index contributed by atoms with van der Waals surface area (Å²) in [5.74, 6) is -0.709. The third kappa shape index (κ3) is 7.19. The lowest BCUT2D eigenvalue weighted by atomic mass is 10.1. The molecule has 40 heavy (non-hydrogen) atoms. The standard InChI is InChI=1S/C27H35FN6O5.HI/c1-18(35)30-16-27(29)17-34(26(36)39-27)21-9-10-23(22(28)15-21)32-11-13-33(14-12-32)25-24(38-25)4-2-3-19-5-7-20(31-37)8-6-19;/h5-10,15,24-25H,2-4,11-14,16-17,29,31H2,1H3,(H,30,35);1H/p-1/t24?,25?,27-;/m0./s1. The fraction of sp³-hybridized carbons (Fsp3) is 0.481. The van der Waals surface area contributed by atoms with Crippen LogP contribution in [0.15, 0.2) is 42.5 Å². The van der Waals surface area contributed by atoms with Gasteiger partial charge in [0.25, 0.3) is 0 Å². The molecule has 5 rings (SSSR count). The molecule has 3 saturated heterocycles. The van der Waals surface area contributed by atoms with Crippen molar-refractivity contribution in [2.75, 3.05) is 49.1 Å². The third-order valence-corrected chi connectivity index (χ3v) is 7.46. The second kappa shape index (κ2) is 13.0. The Labute approximate surface area is 249 Å². The molecular weight excluding hydrogens is 634 g/mol.